The van der Waals surface area contributed by atoms with Crippen molar-refractivity contribution in [3.05, 3.63) is 53.7 Å². The molecule has 2 aromatic rings. The SMILES string of the molecule is c1ccc(C2(c3ocnc3CNC3CC3)CC2)cc1. The molecule has 98 valence electrons. The maximum absolute atomic E-state index is 5.75. The van der Waals surface area contributed by atoms with E-state index in [0.29, 0.717) is 6.04 Å². The number of rotatable bonds is 5. The average molecular weight is 254 g/mol. The molecule has 1 aromatic carbocycles. The van der Waals surface area contributed by atoms with E-state index >= 15 is 0 Å². The van der Waals surface area contributed by atoms with E-state index in [9.17, 15) is 0 Å². The fraction of sp³-hybridized carbons (Fsp3) is 0.438. The first-order chi connectivity index (χ1) is 9.38. The fourth-order valence-electron chi connectivity index (χ4n) is 2.84. The Labute approximate surface area is 113 Å². The molecule has 0 radical (unpaired) electrons. The van der Waals surface area contributed by atoms with Gasteiger partial charge in [0.2, 0.25) is 0 Å². The Bertz CT molecular complexity index is 567. The summed E-state index contributed by atoms with van der Waals surface area (Å²) < 4.78 is 5.75. The van der Waals surface area contributed by atoms with Gasteiger partial charge in [0.1, 0.15) is 5.76 Å². The van der Waals surface area contributed by atoms with E-state index in [1.807, 2.05) is 0 Å². The van der Waals surface area contributed by atoms with Crippen molar-refractivity contribution >= 4 is 0 Å². The molecule has 2 aliphatic rings. The van der Waals surface area contributed by atoms with Gasteiger partial charge in [-0.2, -0.15) is 0 Å². The van der Waals surface area contributed by atoms with Crippen LogP contribution in [0, 0.1) is 0 Å². The normalized spacial score (nSPS) is 20.4. The Hall–Kier alpha value is -1.61. The van der Waals surface area contributed by atoms with Crippen LogP contribution in [-0.2, 0) is 12.0 Å². The number of hydrogen-bond acceptors (Lipinski definition) is 3. The number of nitrogens with zero attached hydrogens (tertiary/aromatic N) is 1. The summed E-state index contributed by atoms with van der Waals surface area (Å²) in [4.78, 5) is 4.42. The number of oxazole rings is 1. The summed E-state index contributed by atoms with van der Waals surface area (Å²) in [6.07, 6.45) is 6.54. The quantitative estimate of drug-likeness (QED) is 0.891. The van der Waals surface area contributed by atoms with Gasteiger partial charge in [-0.1, -0.05) is 30.3 Å². The van der Waals surface area contributed by atoms with Crippen LogP contribution in [0.15, 0.2) is 41.1 Å². The van der Waals surface area contributed by atoms with Gasteiger partial charge in [-0.3, -0.25) is 0 Å². The van der Waals surface area contributed by atoms with Crippen LogP contribution in [-0.4, -0.2) is 11.0 Å². The standard InChI is InChI=1S/C16H18N2O/c1-2-4-12(5-3-1)16(8-9-16)15-14(18-11-19-15)10-17-13-6-7-13/h1-5,11,13,17H,6-10H2. The van der Waals surface area contributed by atoms with Gasteiger partial charge in [0.25, 0.3) is 0 Å². The summed E-state index contributed by atoms with van der Waals surface area (Å²) in [5.74, 6) is 1.08. The lowest BCUT2D eigenvalue weighted by molar-refractivity contribution is 0.468. The van der Waals surface area contributed by atoms with Crippen molar-refractivity contribution in [2.45, 2.75) is 43.7 Å². The number of aromatic nitrogens is 1. The zero-order valence-electron chi connectivity index (χ0n) is 10.9. The molecule has 4 rings (SSSR count). The van der Waals surface area contributed by atoms with Crippen LogP contribution in [0.1, 0.15) is 42.7 Å². The molecular weight excluding hydrogens is 236 g/mol. The minimum atomic E-state index is 0.0956. The van der Waals surface area contributed by atoms with Crippen LogP contribution in [0.5, 0.6) is 0 Å². The Kier molecular flexibility index (Phi) is 2.49. The van der Waals surface area contributed by atoms with E-state index in [-0.39, 0.29) is 5.41 Å². The van der Waals surface area contributed by atoms with Crippen molar-refractivity contribution in [3.8, 4) is 0 Å². The first kappa shape index (κ1) is 11.2. The molecule has 3 nitrogen and oxygen atoms in total. The molecule has 0 unspecified atom stereocenters. The van der Waals surface area contributed by atoms with E-state index in [0.717, 1.165) is 18.0 Å². The lowest BCUT2D eigenvalue weighted by atomic mass is 9.92. The molecule has 3 heteroatoms. The third-order valence-corrected chi connectivity index (χ3v) is 4.29. The molecule has 0 saturated heterocycles. The summed E-state index contributed by atoms with van der Waals surface area (Å²) in [5, 5.41) is 3.53. The van der Waals surface area contributed by atoms with Gasteiger partial charge in [0.05, 0.1) is 11.1 Å². The minimum Gasteiger partial charge on any atom is -0.447 e. The van der Waals surface area contributed by atoms with Gasteiger partial charge < -0.3 is 9.73 Å². The fourth-order valence-corrected chi connectivity index (χ4v) is 2.84. The lowest BCUT2D eigenvalue weighted by Gasteiger charge is -2.14. The van der Waals surface area contributed by atoms with Crippen molar-refractivity contribution in [2.75, 3.05) is 0 Å². The molecule has 1 N–H and O–H groups in total. The number of hydrogen-bond donors (Lipinski definition) is 1. The topological polar surface area (TPSA) is 38.1 Å². The molecule has 0 amide bonds. The van der Waals surface area contributed by atoms with Crippen molar-refractivity contribution in [1.29, 1.82) is 0 Å². The zero-order chi connectivity index (χ0) is 12.7. The van der Waals surface area contributed by atoms with Gasteiger partial charge in [-0.05, 0) is 31.2 Å². The second kappa shape index (κ2) is 4.20. The van der Waals surface area contributed by atoms with Crippen molar-refractivity contribution in [3.63, 3.8) is 0 Å². The monoisotopic (exact) mass is 254 g/mol. The molecule has 2 saturated carbocycles. The number of benzene rings is 1. The average Bonchev–Trinajstić information content (AvgIpc) is 3.38. The highest BCUT2D eigenvalue weighted by Gasteiger charge is 2.50. The Morgan fingerprint density at radius 2 is 2.00 bits per heavy atom. The summed E-state index contributed by atoms with van der Waals surface area (Å²) in [5.41, 5.74) is 2.55. The molecule has 0 atom stereocenters. The van der Waals surface area contributed by atoms with Crippen molar-refractivity contribution < 1.29 is 4.42 Å². The summed E-state index contributed by atoms with van der Waals surface area (Å²) in [6, 6.07) is 11.4. The second-order valence-corrected chi connectivity index (χ2v) is 5.73. The largest absolute Gasteiger partial charge is 0.447 e. The van der Waals surface area contributed by atoms with Gasteiger partial charge in [-0.15, -0.1) is 0 Å². The summed E-state index contributed by atoms with van der Waals surface area (Å²) in [7, 11) is 0. The van der Waals surface area contributed by atoms with Gasteiger partial charge in [0.15, 0.2) is 6.39 Å². The van der Waals surface area contributed by atoms with Gasteiger partial charge in [-0.25, -0.2) is 4.98 Å². The molecule has 2 aliphatic carbocycles. The van der Waals surface area contributed by atoms with Crippen LogP contribution in [0.25, 0.3) is 0 Å². The molecule has 0 aliphatic heterocycles. The van der Waals surface area contributed by atoms with Gasteiger partial charge in [0, 0.05) is 12.6 Å². The first-order valence-electron chi connectivity index (χ1n) is 7.10. The van der Waals surface area contributed by atoms with E-state index in [2.05, 4.69) is 40.6 Å². The molecule has 19 heavy (non-hydrogen) atoms. The van der Waals surface area contributed by atoms with Crippen LogP contribution in [0.3, 0.4) is 0 Å². The molecule has 2 fully saturated rings. The van der Waals surface area contributed by atoms with Crippen molar-refractivity contribution in [2.24, 2.45) is 0 Å². The van der Waals surface area contributed by atoms with Crippen molar-refractivity contribution in [1.82, 2.24) is 10.3 Å². The molecule has 0 spiro atoms. The van der Waals surface area contributed by atoms with Crippen LogP contribution in [0.2, 0.25) is 0 Å². The van der Waals surface area contributed by atoms with Crippen LogP contribution in [0.4, 0.5) is 0 Å². The molecule has 1 aromatic heterocycles. The Morgan fingerprint density at radius 1 is 1.21 bits per heavy atom. The highest BCUT2D eigenvalue weighted by molar-refractivity contribution is 5.42. The smallest absolute Gasteiger partial charge is 0.181 e. The highest BCUT2D eigenvalue weighted by atomic mass is 16.3. The predicted octanol–water partition coefficient (Wildman–Crippen LogP) is 3.01. The predicted molar refractivity (Wildman–Crippen MR) is 72.8 cm³/mol. The third-order valence-electron chi connectivity index (χ3n) is 4.29. The van der Waals surface area contributed by atoms with Crippen LogP contribution >= 0.6 is 0 Å². The maximum atomic E-state index is 5.75. The van der Waals surface area contributed by atoms with E-state index in [4.69, 9.17) is 4.42 Å². The minimum absolute atomic E-state index is 0.0956. The summed E-state index contributed by atoms with van der Waals surface area (Å²) in [6.45, 7) is 0.838. The van der Waals surface area contributed by atoms with Crippen LogP contribution < -0.4 is 5.32 Å². The van der Waals surface area contributed by atoms with E-state index < -0.39 is 0 Å². The Morgan fingerprint density at radius 3 is 2.68 bits per heavy atom. The summed E-state index contributed by atoms with van der Waals surface area (Å²) >= 11 is 0. The molecule has 0 bridgehead atoms. The lowest BCUT2D eigenvalue weighted by Crippen LogP contribution is -2.19. The molecule has 1 heterocycles. The maximum Gasteiger partial charge on any atom is 0.181 e. The first-order valence-corrected chi connectivity index (χ1v) is 7.10. The Balaban J connectivity index is 1.63. The van der Waals surface area contributed by atoms with E-state index in [1.54, 1.807) is 6.39 Å². The number of nitrogens with one attached hydrogen (secondary N) is 1. The van der Waals surface area contributed by atoms with Gasteiger partial charge >= 0.3 is 0 Å². The second-order valence-electron chi connectivity index (χ2n) is 5.73. The zero-order valence-corrected chi connectivity index (χ0v) is 10.9. The molecular formula is C16H18N2O. The van der Waals surface area contributed by atoms with E-state index in [1.165, 1.54) is 31.2 Å². The highest BCUT2D eigenvalue weighted by Crippen LogP contribution is 2.54. The third kappa shape index (κ3) is 1.98.